The molecule has 0 aliphatic carbocycles. The number of benzene rings is 2. The van der Waals surface area contributed by atoms with Crippen LogP contribution in [0.1, 0.15) is 16.7 Å². The Morgan fingerprint density at radius 1 is 1.30 bits per heavy atom. The van der Waals surface area contributed by atoms with Crippen molar-refractivity contribution in [3.05, 3.63) is 65.0 Å². The Labute approximate surface area is 121 Å². The molecular weight excluding hydrogens is 275 g/mol. The number of hydrogen-bond donors (Lipinski definition) is 2. The lowest BCUT2D eigenvalue weighted by atomic mass is 10.1. The number of oxime groups is 1. The topological polar surface area (TPSA) is 58.6 Å². The van der Waals surface area contributed by atoms with Gasteiger partial charge in [-0.05, 0) is 30.2 Å². The summed E-state index contributed by atoms with van der Waals surface area (Å²) in [6.45, 7) is 2.03. The Hall–Kier alpha value is -2.01. The van der Waals surface area contributed by atoms with Crippen LogP contribution in [-0.4, -0.2) is 11.0 Å². The van der Waals surface area contributed by atoms with Crippen LogP contribution >= 0.6 is 11.8 Å². The molecule has 3 nitrogen and oxygen atoms in total. The fourth-order valence-corrected chi connectivity index (χ4v) is 2.77. The molecule has 0 heterocycles. The Bertz CT molecular complexity index is 644. The Morgan fingerprint density at radius 3 is 2.70 bits per heavy atom. The number of aryl methyl sites for hydroxylation is 1. The molecule has 0 aromatic heterocycles. The van der Waals surface area contributed by atoms with E-state index in [0.29, 0.717) is 16.9 Å². The highest BCUT2D eigenvalue weighted by Crippen LogP contribution is 2.26. The first-order chi connectivity index (χ1) is 9.61. The van der Waals surface area contributed by atoms with E-state index in [1.54, 1.807) is 23.9 Å². The summed E-state index contributed by atoms with van der Waals surface area (Å²) in [5.74, 6) is 0.0878. The van der Waals surface area contributed by atoms with Gasteiger partial charge in [0.15, 0.2) is 5.84 Å². The third-order valence-corrected chi connectivity index (χ3v) is 4.16. The molecule has 0 amide bonds. The van der Waals surface area contributed by atoms with Crippen LogP contribution < -0.4 is 5.73 Å². The van der Waals surface area contributed by atoms with Crippen molar-refractivity contribution in [1.82, 2.24) is 0 Å². The quantitative estimate of drug-likeness (QED) is 0.298. The van der Waals surface area contributed by atoms with Gasteiger partial charge in [0.2, 0.25) is 0 Å². The first-order valence-electron chi connectivity index (χ1n) is 6.06. The third kappa shape index (κ3) is 3.30. The van der Waals surface area contributed by atoms with Crippen molar-refractivity contribution in [1.29, 1.82) is 0 Å². The number of amidine groups is 1. The third-order valence-electron chi connectivity index (χ3n) is 2.93. The molecular formula is C15H15FN2OS. The Balaban J connectivity index is 2.13. The molecule has 0 atom stereocenters. The molecule has 0 radical (unpaired) electrons. The highest BCUT2D eigenvalue weighted by atomic mass is 32.2. The first-order valence-corrected chi connectivity index (χ1v) is 7.05. The van der Waals surface area contributed by atoms with Crippen LogP contribution in [0.15, 0.2) is 52.5 Å². The van der Waals surface area contributed by atoms with Gasteiger partial charge >= 0.3 is 0 Å². The minimum Gasteiger partial charge on any atom is -0.409 e. The minimum absolute atomic E-state index is 0.0954. The van der Waals surface area contributed by atoms with Gasteiger partial charge in [0, 0.05) is 16.2 Å². The van der Waals surface area contributed by atoms with Gasteiger partial charge in [-0.3, -0.25) is 0 Å². The maximum absolute atomic E-state index is 13.9. The Morgan fingerprint density at radius 2 is 2.05 bits per heavy atom. The number of hydrogen-bond acceptors (Lipinski definition) is 3. The highest BCUT2D eigenvalue weighted by Gasteiger charge is 2.07. The minimum atomic E-state index is -0.352. The predicted molar refractivity (Wildman–Crippen MR) is 79.7 cm³/mol. The lowest BCUT2D eigenvalue weighted by molar-refractivity contribution is 0.318. The second-order valence-electron chi connectivity index (χ2n) is 4.35. The van der Waals surface area contributed by atoms with E-state index in [1.807, 2.05) is 31.2 Å². The summed E-state index contributed by atoms with van der Waals surface area (Å²) in [4.78, 5) is 1.13. The normalized spacial score (nSPS) is 11.6. The zero-order valence-electron chi connectivity index (χ0n) is 11.0. The molecule has 0 fully saturated rings. The van der Waals surface area contributed by atoms with E-state index in [-0.39, 0.29) is 11.7 Å². The van der Waals surface area contributed by atoms with Gasteiger partial charge in [0.05, 0.1) is 0 Å². The van der Waals surface area contributed by atoms with Crippen molar-refractivity contribution >= 4 is 17.6 Å². The van der Waals surface area contributed by atoms with Gasteiger partial charge in [-0.2, -0.15) is 0 Å². The number of nitrogens with zero attached hydrogens (tertiary/aromatic N) is 1. The van der Waals surface area contributed by atoms with Crippen LogP contribution in [-0.2, 0) is 5.75 Å². The van der Waals surface area contributed by atoms with E-state index in [2.05, 4.69) is 5.16 Å². The zero-order valence-corrected chi connectivity index (χ0v) is 11.8. The van der Waals surface area contributed by atoms with Crippen LogP contribution in [0.2, 0.25) is 0 Å². The number of halogens is 1. The van der Waals surface area contributed by atoms with Crippen molar-refractivity contribution < 1.29 is 9.60 Å². The average molecular weight is 290 g/mol. The summed E-state index contributed by atoms with van der Waals surface area (Å²) in [6, 6.07) is 12.6. The summed E-state index contributed by atoms with van der Waals surface area (Å²) in [7, 11) is 0. The lowest BCUT2D eigenvalue weighted by Gasteiger charge is -2.07. The van der Waals surface area contributed by atoms with E-state index >= 15 is 0 Å². The Kier molecular flexibility index (Phi) is 4.63. The molecule has 3 N–H and O–H groups in total. The van der Waals surface area contributed by atoms with Gasteiger partial charge in [0.1, 0.15) is 5.82 Å². The number of rotatable bonds is 4. The van der Waals surface area contributed by atoms with Crippen molar-refractivity contribution in [2.45, 2.75) is 17.6 Å². The first kappa shape index (κ1) is 14.4. The summed E-state index contributed by atoms with van der Waals surface area (Å²) in [6.07, 6.45) is 0. The monoisotopic (exact) mass is 290 g/mol. The lowest BCUT2D eigenvalue weighted by Crippen LogP contribution is -2.13. The zero-order chi connectivity index (χ0) is 14.5. The van der Waals surface area contributed by atoms with Crippen molar-refractivity contribution in [2.24, 2.45) is 10.9 Å². The molecule has 0 bridgehead atoms. The molecule has 104 valence electrons. The number of nitrogens with two attached hydrogens (primary N) is 1. The molecule has 0 aliphatic rings. The van der Waals surface area contributed by atoms with Gasteiger partial charge in [-0.25, -0.2) is 4.39 Å². The van der Waals surface area contributed by atoms with Crippen molar-refractivity contribution in [3.8, 4) is 0 Å². The predicted octanol–water partition coefficient (Wildman–Crippen LogP) is 3.52. The molecule has 20 heavy (non-hydrogen) atoms. The van der Waals surface area contributed by atoms with E-state index < -0.39 is 0 Å². The standard InChI is InChI=1S/C15H15FN2OS/c1-10-4-2-3-5-14(10)20-9-12-7-6-11(8-13(12)16)15(17)18-19/h2-8,19H,9H2,1H3,(H2,17,18). The maximum Gasteiger partial charge on any atom is 0.170 e. The van der Waals surface area contributed by atoms with E-state index in [4.69, 9.17) is 10.9 Å². The molecule has 0 saturated heterocycles. The summed E-state index contributed by atoms with van der Waals surface area (Å²) >= 11 is 1.58. The molecule has 5 heteroatoms. The molecule has 0 unspecified atom stereocenters. The van der Waals surface area contributed by atoms with Crippen molar-refractivity contribution in [2.75, 3.05) is 0 Å². The fourth-order valence-electron chi connectivity index (χ4n) is 1.76. The number of thioether (sulfide) groups is 1. The molecule has 2 aromatic carbocycles. The smallest absolute Gasteiger partial charge is 0.170 e. The average Bonchev–Trinajstić information content (AvgIpc) is 2.46. The van der Waals surface area contributed by atoms with E-state index in [1.165, 1.54) is 11.6 Å². The van der Waals surface area contributed by atoms with Gasteiger partial charge < -0.3 is 10.9 Å². The molecule has 0 saturated carbocycles. The van der Waals surface area contributed by atoms with E-state index in [9.17, 15) is 4.39 Å². The van der Waals surface area contributed by atoms with Crippen LogP contribution in [0, 0.1) is 12.7 Å². The molecule has 0 spiro atoms. The second kappa shape index (κ2) is 6.43. The maximum atomic E-state index is 13.9. The molecule has 0 aliphatic heterocycles. The van der Waals surface area contributed by atoms with Crippen molar-refractivity contribution in [3.63, 3.8) is 0 Å². The van der Waals surface area contributed by atoms with Crippen LogP contribution in [0.3, 0.4) is 0 Å². The van der Waals surface area contributed by atoms with Crippen LogP contribution in [0.25, 0.3) is 0 Å². The van der Waals surface area contributed by atoms with Crippen LogP contribution in [0.4, 0.5) is 4.39 Å². The summed E-state index contributed by atoms with van der Waals surface area (Å²) < 4.78 is 13.9. The molecule has 2 rings (SSSR count). The SMILES string of the molecule is Cc1ccccc1SCc1ccc(/C(N)=N/O)cc1F. The fraction of sp³-hybridized carbons (Fsp3) is 0.133. The highest BCUT2D eigenvalue weighted by molar-refractivity contribution is 7.98. The largest absolute Gasteiger partial charge is 0.409 e. The van der Waals surface area contributed by atoms with Gasteiger partial charge in [-0.15, -0.1) is 11.8 Å². The molecule has 2 aromatic rings. The van der Waals surface area contributed by atoms with E-state index in [0.717, 1.165) is 4.90 Å². The second-order valence-corrected chi connectivity index (χ2v) is 5.36. The van der Waals surface area contributed by atoms with Gasteiger partial charge in [0.25, 0.3) is 0 Å². The summed E-state index contributed by atoms with van der Waals surface area (Å²) in [5, 5.41) is 11.4. The van der Waals surface area contributed by atoms with Crippen LogP contribution in [0.5, 0.6) is 0 Å². The van der Waals surface area contributed by atoms with Gasteiger partial charge in [-0.1, -0.05) is 35.5 Å². The summed E-state index contributed by atoms with van der Waals surface area (Å²) in [5.41, 5.74) is 7.56.